The molecule has 3 rings (SSSR count). The molecule has 29 heavy (non-hydrogen) atoms. The summed E-state index contributed by atoms with van der Waals surface area (Å²) in [5.41, 5.74) is 0.396. The Kier molecular flexibility index (Phi) is 5.74. The van der Waals surface area contributed by atoms with Crippen LogP contribution in [-0.2, 0) is 9.53 Å². The van der Waals surface area contributed by atoms with Gasteiger partial charge >= 0.3 is 12.0 Å². The molecule has 0 saturated carbocycles. The number of hydrogen-bond donors (Lipinski definition) is 3. The molecule has 0 unspecified atom stereocenters. The number of phenolic OH excluding ortho intramolecular Hbond substituents is 1. The Morgan fingerprint density at radius 2 is 1.79 bits per heavy atom. The number of amides is 2. The van der Waals surface area contributed by atoms with Crippen LogP contribution in [0, 0.1) is 0 Å². The predicted molar refractivity (Wildman–Crippen MR) is 104 cm³/mol. The van der Waals surface area contributed by atoms with Crippen LogP contribution in [0.5, 0.6) is 11.5 Å². The molecule has 0 spiro atoms. The molecule has 0 bridgehead atoms. The first kappa shape index (κ1) is 20.2. The molecule has 1 aliphatic heterocycles. The van der Waals surface area contributed by atoms with Crippen LogP contribution < -0.4 is 15.4 Å². The van der Waals surface area contributed by atoms with Crippen molar-refractivity contribution in [3.63, 3.8) is 0 Å². The van der Waals surface area contributed by atoms with E-state index in [1.54, 1.807) is 12.1 Å². The van der Waals surface area contributed by atoms with Crippen molar-refractivity contribution < 1.29 is 29.0 Å². The lowest BCUT2D eigenvalue weighted by Gasteiger charge is -2.29. The second kappa shape index (κ2) is 8.24. The first-order valence-corrected chi connectivity index (χ1v) is 8.80. The molecule has 1 atom stereocenters. The summed E-state index contributed by atoms with van der Waals surface area (Å²) in [5, 5.41) is 15.3. The SMILES string of the molecule is COC(=O)C1=C(C(=O)c2ccc(Cl)cc2)[C@H](c2ccc(O)c(OC)c2)NC(=O)N1. The first-order chi connectivity index (χ1) is 13.8. The summed E-state index contributed by atoms with van der Waals surface area (Å²) in [4.78, 5) is 37.8. The number of phenols is 1. The summed E-state index contributed by atoms with van der Waals surface area (Å²) < 4.78 is 9.85. The van der Waals surface area contributed by atoms with Gasteiger partial charge in [0.1, 0.15) is 5.70 Å². The highest BCUT2D eigenvalue weighted by molar-refractivity contribution is 6.30. The molecule has 3 N–H and O–H groups in total. The van der Waals surface area contributed by atoms with Crippen molar-refractivity contribution >= 4 is 29.4 Å². The highest BCUT2D eigenvalue weighted by Gasteiger charge is 2.36. The van der Waals surface area contributed by atoms with E-state index >= 15 is 0 Å². The molecule has 8 nitrogen and oxygen atoms in total. The summed E-state index contributed by atoms with van der Waals surface area (Å²) in [7, 11) is 2.52. The molecule has 150 valence electrons. The van der Waals surface area contributed by atoms with E-state index in [1.165, 1.54) is 37.4 Å². The molecule has 1 aliphatic rings. The van der Waals surface area contributed by atoms with E-state index in [-0.39, 0.29) is 28.3 Å². The highest BCUT2D eigenvalue weighted by Crippen LogP contribution is 2.35. The van der Waals surface area contributed by atoms with Crippen LogP contribution in [0.25, 0.3) is 0 Å². The molecule has 0 saturated heterocycles. The van der Waals surface area contributed by atoms with Gasteiger partial charge in [-0.1, -0.05) is 17.7 Å². The monoisotopic (exact) mass is 416 g/mol. The third-order valence-corrected chi connectivity index (χ3v) is 4.60. The van der Waals surface area contributed by atoms with Crippen LogP contribution in [0.3, 0.4) is 0 Å². The summed E-state index contributed by atoms with van der Waals surface area (Å²) in [5.74, 6) is -1.34. The van der Waals surface area contributed by atoms with Crippen LogP contribution in [0.4, 0.5) is 4.79 Å². The quantitative estimate of drug-likeness (QED) is 0.510. The number of Topliss-reactive ketones (excluding diaryl/α,β-unsaturated/α-hetero) is 1. The second-order valence-electron chi connectivity index (χ2n) is 6.08. The molecule has 0 aliphatic carbocycles. The Bertz CT molecular complexity index is 1020. The zero-order valence-electron chi connectivity index (χ0n) is 15.5. The number of ether oxygens (including phenoxy) is 2. The number of carbonyl (C=O) groups excluding carboxylic acids is 3. The van der Waals surface area contributed by atoms with Crippen LogP contribution in [0.1, 0.15) is 22.0 Å². The van der Waals surface area contributed by atoms with Crippen molar-refractivity contribution in [1.29, 1.82) is 0 Å². The summed E-state index contributed by atoms with van der Waals surface area (Å²) in [6.07, 6.45) is 0. The first-order valence-electron chi connectivity index (χ1n) is 8.43. The summed E-state index contributed by atoms with van der Waals surface area (Å²) in [6, 6.07) is 8.78. The number of hydrogen-bond acceptors (Lipinski definition) is 6. The average molecular weight is 417 g/mol. The van der Waals surface area contributed by atoms with Crippen LogP contribution in [-0.4, -0.2) is 37.1 Å². The van der Waals surface area contributed by atoms with Gasteiger partial charge in [0.05, 0.1) is 25.8 Å². The Balaban J connectivity index is 2.19. The Hall–Kier alpha value is -3.52. The molecular formula is C20H17ClN2O6. The standard InChI is InChI=1S/C20H17ClN2O6/c1-28-14-9-11(5-8-13(14)24)16-15(17(19(26)29-2)23-20(27)22-16)18(25)10-3-6-12(21)7-4-10/h3-9,16,24H,1-2H3,(H2,22,23,27)/t16-/m0/s1. The summed E-state index contributed by atoms with van der Waals surface area (Å²) >= 11 is 5.89. The third-order valence-electron chi connectivity index (χ3n) is 4.35. The van der Waals surface area contributed by atoms with E-state index in [2.05, 4.69) is 10.6 Å². The second-order valence-corrected chi connectivity index (χ2v) is 6.52. The van der Waals surface area contributed by atoms with Gasteiger partial charge in [-0.2, -0.15) is 0 Å². The third kappa shape index (κ3) is 4.02. The minimum atomic E-state index is -0.990. The van der Waals surface area contributed by atoms with Crippen LogP contribution >= 0.6 is 11.6 Å². The van der Waals surface area contributed by atoms with E-state index in [1.807, 2.05) is 0 Å². The number of benzene rings is 2. The Morgan fingerprint density at radius 3 is 2.41 bits per heavy atom. The van der Waals surface area contributed by atoms with Crippen molar-refractivity contribution in [2.45, 2.75) is 6.04 Å². The molecule has 1 heterocycles. The number of rotatable bonds is 5. The van der Waals surface area contributed by atoms with Gasteiger partial charge in [-0.3, -0.25) is 4.79 Å². The maximum absolute atomic E-state index is 13.3. The predicted octanol–water partition coefficient (Wildman–Crippen LogP) is 2.72. The minimum Gasteiger partial charge on any atom is -0.504 e. The van der Waals surface area contributed by atoms with Crippen molar-refractivity contribution in [1.82, 2.24) is 10.6 Å². The maximum atomic E-state index is 13.3. The van der Waals surface area contributed by atoms with Crippen LogP contribution in [0.2, 0.25) is 5.02 Å². The van der Waals surface area contributed by atoms with Gasteiger partial charge in [0, 0.05) is 10.6 Å². The smallest absolute Gasteiger partial charge is 0.355 e. The summed E-state index contributed by atoms with van der Waals surface area (Å²) in [6.45, 7) is 0. The molecule has 2 aromatic carbocycles. The molecule has 9 heteroatoms. The number of aromatic hydroxyl groups is 1. The maximum Gasteiger partial charge on any atom is 0.355 e. The number of halogens is 1. The lowest BCUT2D eigenvalue weighted by atomic mass is 9.89. The van der Waals surface area contributed by atoms with E-state index < -0.39 is 23.8 Å². The fourth-order valence-electron chi connectivity index (χ4n) is 2.95. The Labute approximate surface area is 171 Å². The van der Waals surface area contributed by atoms with Crippen molar-refractivity contribution in [3.05, 3.63) is 69.9 Å². The van der Waals surface area contributed by atoms with Crippen molar-refractivity contribution in [3.8, 4) is 11.5 Å². The Morgan fingerprint density at radius 1 is 1.10 bits per heavy atom. The van der Waals surface area contributed by atoms with Gasteiger partial charge in [0.2, 0.25) is 0 Å². The van der Waals surface area contributed by atoms with Gasteiger partial charge in [0.15, 0.2) is 17.3 Å². The zero-order valence-corrected chi connectivity index (χ0v) is 16.2. The molecule has 0 aromatic heterocycles. The van der Waals surface area contributed by atoms with Crippen molar-refractivity contribution in [2.75, 3.05) is 14.2 Å². The number of nitrogens with one attached hydrogen (secondary N) is 2. The van der Waals surface area contributed by atoms with Crippen LogP contribution in [0.15, 0.2) is 53.7 Å². The number of esters is 1. The molecular weight excluding hydrogens is 400 g/mol. The molecule has 0 fully saturated rings. The fraction of sp³-hybridized carbons (Fsp3) is 0.150. The molecule has 2 aromatic rings. The fourth-order valence-corrected chi connectivity index (χ4v) is 3.08. The normalized spacial score (nSPS) is 16.0. The van der Waals surface area contributed by atoms with Gasteiger partial charge in [-0.25, -0.2) is 9.59 Å². The van der Waals surface area contributed by atoms with E-state index in [4.69, 9.17) is 21.1 Å². The molecule has 0 radical (unpaired) electrons. The number of urea groups is 1. The lowest BCUT2D eigenvalue weighted by Crippen LogP contribution is -2.47. The van der Waals surface area contributed by atoms with Gasteiger partial charge in [-0.05, 0) is 42.0 Å². The highest BCUT2D eigenvalue weighted by atomic mass is 35.5. The lowest BCUT2D eigenvalue weighted by molar-refractivity contribution is -0.136. The van der Waals surface area contributed by atoms with E-state index in [0.717, 1.165) is 7.11 Å². The zero-order chi connectivity index (χ0) is 21.1. The average Bonchev–Trinajstić information content (AvgIpc) is 2.73. The number of methoxy groups -OCH3 is 2. The number of carbonyl (C=O) groups is 3. The topological polar surface area (TPSA) is 114 Å². The van der Waals surface area contributed by atoms with Gasteiger partial charge < -0.3 is 25.2 Å². The number of ketones is 1. The minimum absolute atomic E-state index is 0.0217. The van der Waals surface area contributed by atoms with E-state index in [9.17, 15) is 19.5 Å². The van der Waals surface area contributed by atoms with Gasteiger partial charge in [0.25, 0.3) is 0 Å². The molecule has 2 amide bonds. The van der Waals surface area contributed by atoms with E-state index in [0.29, 0.717) is 10.6 Å². The van der Waals surface area contributed by atoms with Gasteiger partial charge in [-0.15, -0.1) is 0 Å². The largest absolute Gasteiger partial charge is 0.504 e. The van der Waals surface area contributed by atoms with Crippen molar-refractivity contribution in [2.24, 2.45) is 0 Å².